The van der Waals surface area contributed by atoms with Crippen LogP contribution >= 0.6 is 0 Å². The molecule has 0 saturated carbocycles. The third kappa shape index (κ3) is 2.85. The van der Waals surface area contributed by atoms with Gasteiger partial charge in [-0.15, -0.1) is 0 Å². The Bertz CT molecular complexity index is 1390. The molecule has 5 aromatic rings. The van der Waals surface area contributed by atoms with Crippen molar-refractivity contribution in [3.05, 3.63) is 90.3 Å². The fraction of sp³-hybridized carbons (Fsp3) is 0.125. The minimum absolute atomic E-state index is 0.323. The van der Waals surface area contributed by atoms with Gasteiger partial charge in [0, 0.05) is 30.1 Å². The maximum absolute atomic E-state index is 14.2. The summed E-state index contributed by atoms with van der Waals surface area (Å²) >= 11 is 0. The molecule has 152 valence electrons. The molecular weight excluding hydrogens is 391 g/mol. The topological polar surface area (TPSA) is 74.6 Å². The van der Waals surface area contributed by atoms with Gasteiger partial charge in [0.2, 0.25) is 0 Å². The summed E-state index contributed by atoms with van der Waals surface area (Å²) in [6, 6.07) is 21.0. The maximum Gasteiger partial charge on any atom is 0.167 e. The Morgan fingerprint density at radius 3 is 2.65 bits per heavy atom. The summed E-state index contributed by atoms with van der Waals surface area (Å²) in [5.41, 5.74) is 11.2. The third-order valence-electron chi connectivity index (χ3n) is 5.81. The van der Waals surface area contributed by atoms with Crippen molar-refractivity contribution in [2.75, 3.05) is 0 Å². The van der Waals surface area contributed by atoms with Crippen LogP contribution in [0.5, 0.6) is 0 Å². The lowest BCUT2D eigenvalue weighted by Gasteiger charge is -2.12. The average molecular weight is 410 g/mol. The normalized spacial score (nSPS) is 17.9. The van der Waals surface area contributed by atoms with E-state index >= 15 is 0 Å². The lowest BCUT2D eigenvalue weighted by atomic mass is 10.1. The second-order valence-electron chi connectivity index (χ2n) is 7.73. The number of halogens is 1. The van der Waals surface area contributed by atoms with E-state index in [0.29, 0.717) is 17.9 Å². The number of fused-ring (bicyclic) bond motifs is 2. The molecule has 7 heteroatoms. The van der Waals surface area contributed by atoms with Crippen LogP contribution < -0.4 is 5.73 Å². The zero-order valence-electron chi connectivity index (χ0n) is 16.6. The van der Waals surface area contributed by atoms with E-state index in [1.54, 1.807) is 10.9 Å². The number of benzene rings is 2. The number of alkyl halides is 1. The van der Waals surface area contributed by atoms with Crippen molar-refractivity contribution in [3.8, 4) is 22.9 Å². The summed E-state index contributed by atoms with van der Waals surface area (Å²) in [5.74, 6) is 1.48. The van der Waals surface area contributed by atoms with E-state index in [2.05, 4.69) is 5.10 Å². The molecule has 0 aliphatic heterocycles. The van der Waals surface area contributed by atoms with Gasteiger partial charge in [0.05, 0.1) is 6.04 Å². The first kappa shape index (κ1) is 18.0. The highest BCUT2D eigenvalue weighted by Gasteiger charge is 2.30. The van der Waals surface area contributed by atoms with Gasteiger partial charge in [-0.1, -0.05) is 36.4 Å². The van der Waals surface area contributed by atoms with Crippen LogP contribution in [0.4, 0.5) is 4.39 Å². The van der Waals surface area contributed by atoms with E-state index in [0.717, 1.165) is 33.7 Å². The van der Waals surface area contributed by atoms with E-state index in [1.165, 1.54) is 0 Å². The molecule has 2 unspecified atom stereocenters. The Kier molecular flexibility index (Phi) is 3.97. The second-order valence-corrected chi connectivity index (χ2v) is 7.73. The molecule has 1 aliphatic rings. The lowest BCUT2D eigenvalue weighted by Crippen LogP contribution is -2.17. The van der Waals surface area contributed by atoms with Gasteiger partial charge < -0.3 is 5.73 Å². The summed E-state index contributed by atoms with van der Waals surface area (Å²) in [6.45, 7) is 0. The molecule has 2 aromatic carbocycles. The first-order chi connectivity index (χ1) is 15.2. The number of hydrogen-bond donors (Lipinski definition) is 1. The maximum atomic E-state index is 14.2. The number of rotatable bonds is 3. The Morgan fingerprint density at radius 2 is 1.84 bits per heavy atom. The monoisotopic (exact) mass is 410 g/mol. The fourth-order valence-electron chi connectivity index (χ4n) is 4.27. The van der Waals surface area contributed by atoms with E-state index in [1.807, 2.05) is 77.5 Å². The standard InChI is InChI=1S/C24H19FN6/c25-19-14-16-13-17(7-8-18(16)22(19)26)31-23(15-5-2-1-3-6-15)28-20-9-10-21(29-24(20)31)30-12-4-11-27-30/h1-13,19,22H,14,26H2. The zero-order chi connectivity index (χ0) is 20.9. The van der Waals surface area contributed by atoms with Crippen LogP contribution in [-0.2, 0) is 6.42 Å². The van der Waals surface area contributed by atoms with E-state index < -0.39 is 12.2 Å². The van der Waals surface area contributed by atoms with Crippen LogP contribution in [0.1, 0.15) is 17.2 Å². The second kappa shape index (κ2) is 6.85. The number of aromatic nitrogens is 5. The van der Waals surface area contributed by atoms with Gasteiger partial charge in [-0.25, -0.2) is 19.0 Å². The van der Waals surface area contributed by atoms with Crippen molar-refractivity contribution in [3.63, 3.8) is 0 Å². The molecule has 3 aromatic heterocycles. The molecule has 0 amide bonds. The number of hydrogen-bond acceptors (Lipinski definition) is 4. The molecule has 6 rings (SSSR count). The third-order valence-corrected chi connectivity index (χ3v) is 5.81. The Morgan fingerprint density at radius 1 is 0.968 bits per heavy atom. The van der Waals surface area contributed by atoms with Crippen LogP contribution in [0.25, 0.3) is 34.1 Å². The van der Waals surface area contributed by atoms with Crippen LogP contribution in [0.3, 0.4) is 0 Å². The van der Waals surface area contributed by atoms with E-state index in [9.17, 15) is 4.39 Å². The molecule has 0 radical (unpaired) electrons. The fourth-order valence-corrected chi connectivity index (χ4v) is 4.27. The number of nitrogens with zero attached hydrogens (tertiary/aromatic N) is 5. The van der Waals surface area contributed by atoms with Crippen LogP contribution in [0.2, 0.25) is 0 Å². The van der Waals surface area contributed by atoms with Crippen molar-refractivity contribution in [2.24, 2.45) is 5.73 Å². The summed E-state index contributed by atoms with van der Waals surface area (Å²) in [6.07, 6.45) is 2.84. The Hall–Kier alpha value is -3.84. The van der Waals surface area contributed by atoms with Crippen molar-refractivity contribution in [1.82, 2.24) is 24.3 Å². The first-order valence-corrected chi connectivity index (χ1v) is 10.2. The first-order valence-electron chi connectivity index (χ1n) is 10.2. The van der Waals surface area contributed by atoms with Crippen LogP contribution in [-0.4, -0.2) is 30.5 Å². The Balaban J connectivity index is 1.61. The summed E-state index contributed by atoms with van der Waals surface area (Å²) < 4.78 is 18.0. The molecule has 2 N–H and O–H groups in total. The van der Waals surface area contributed by atoms with Crippen molar-refractivity contribution in [1.29, 1.82) is 0 Å². The van der Waals surface area contributed by atoms with Crippen LogP contribution in [0.15, 0.2) is 79.1 Å². The highest BCUT2D eigenvalue weighted by atomic mass is 19.1. The molecule has 0 fully saturated rings. The largest absolute Gasteiger partial charge is 0.322 e. The molecule has 0 spiro atoms. The summed E-state index contributed by atoms with van der Waals surface area (Å²) in [7, 11) is 0. The smallest absolute Gasteiger partial charge is 0.167 e. The molecule has 6 nitrogen and oxygen atoms in total. The average Bonchev–Trinajstić information content (AvgIpc) is 3.52. The lowest BCUT2D eigenvalue weighted by molar-refractivity contribution is 0.303. The van der Waals surface area contributed by atoms with Gasteiger partial charge in [-0.3, -0.25) is 4.57 Å². The molecule has 31 heavy (non-hydrogen) atoms. The van der Waals surface area contributed by atoms with Crippen LogP contribution in [0, 0.1) is 0 Å². The van der Waals surface area contributed by atoms with Crippen molar-refractivity contribution in [2.45, 2.75) is 18.6 Å². The molecule has 1 aliphatic carbocycles. The summed E-state index contributed by atoms with van der Waals surface area (Å²) in [4.78, 5) is 9.74. The van der Waals surface area contributed by atoms with Crippen molar-refractivity contribution < 1.29 is 4.39 Å². The predicted octanol–water partition coefficient (Wildman–Crippen LogP) is 4.17. The van der Waals surface area contributed by atoms with Crippen molar-refractivity contribution >= 4 is 11.2 Å². The van der Waals surface area contributed by atoms with Gasteiger partial charge >= 0.3 is 0 Å². The quantitative estimate of drug-likeness (QED) is 0.485. The number of imidazole rings is 1. The van der Waals surface area contributed by atoms with Gasteiger partial charge in [0.1, 0.15) is 17.5 Å². The predicted molar refractivity (Wildman–Crippen MR) is 117 cm³/mol. The van der Waals surface area contributed by atoms with Gasteiger partial charge in [-0.05, 0) is 41.5 Å². The van der Waals surface area contributed by atoms with Gasteiger partial charge in [-0.2, -0.15) is 5.10 Å². The van der Waals surface area contributed by atoms with E-state index in [4.69, 9.17) is 15.7 Å². The molecule has 0 bridgehead atoms. The van der Waals surface area contributed by atoms with Gasteiger partial charge in [0.15, 0.2) is 11.5 Å². The minimum Gasteiger partial charge on any atom is -0.322 e. The van der Waals surface area contributed by atoms with E-state index in [-0.39, 0.29) is 0 Å². The number of pyridine rings is 1. The molecule has 2 atom stereocenters. The highest BCUT2D eigenvalue weighted by molar-refractivity contribution is 5.81. The Labute approximate surface area is 177 Å². The molecule has 0 saturated heterocycles. The SMILES string of the molecule is NC1c2ccc(-n3c(-c4ccccc4)nc4ccc(-n5cccn5)nc43)cc2CC1F. The highest BCUT2D eigenvalue weighted by Crippen LogP contribution is 2.35. The minimum atomic E-state index is -1.05. The molecular formula is C24H19FN6. The summed E-state index contributed by atoms with van der Waals surface area (Å²) in [5, 5.41) is 4.29. The molecule has 3 heterocycles. The number of nitrogens with two attached hydrogens (primary N) is 1. The van der Waals surface area contributed by atoms with Gasteiger partial charge in [0.25, 0.3) is 0 Å². The zero-order valence-corrected chi connectivity index (χ0v) is 16.6.